The molecule has 0 radical (unpaired) electrons. The van der Waals surface area contributed by atoms with Crippen LogP contribution < -0.4 is 16.0 Å². The second kappa shape index (κ2) is 9.10. The zero-order valence-corrected chi connectivity index (χ0v) is 14.7. The molecule has 3 rings (SSSR count). The Morgan fingerprint density at radius 2 is 1.88 bits per heavy atom. The van der Waals surface area contributed by atoms with Crippen molar-refractivity contribution >= 4 is 17.5 Å². The maximum atomic E-state index is 12.1. The monoisotopic (exact) mass is 352 g/mol. The molecule has 1 saturated heterocycles. The molecule has 2 aromatic rings. The van der Waals surface area contributed by atoms with Gasteiger partial charge >= 0.3 is 0 Å². The highest BCUT2D eigenvalue weighted by Crippen LogP contribution is 2.14. The summed E-state index contributed by atoms with van der Waals surface area (Å²) < 4.78 is 0. The molecular formula is C20H24N4O2. The highest BCUT2D eigenvalue weighted by molar-refractivity contribution is 6.04. The SMILES string of the molecule is O=C(CCC1CCNC1)NCc1ccc(NC(=O)c2ccncc2)cc1. The quantitative estimate of drug-likeness (QED) is 0.714. The molecule has 26 heavy (non-hydrogen) atoms. The molecular weight excluding hydrogens is 328 g/mol. The summed E-state index contributed by atoms with van der Waals surface area (Å²) >= 11 is 0. The highest BCUT2D eigenvalue weighted by Gasteiger charge is 2.15. The lowest BCUT2D eigenvalue weighted by molar-refractivity contribution is -0.121. The summed E-state index contributed by atoms with van der Waals surface area (Å²) in [5.41, 5.74) is 2.28. The van der Waals surface area contributed by atoms with Crippen LogP contribution in [-0.4, -0.2) is 29.9 Å². The van der Waals surface area contributed by atoms with Crippen molar-refractivity contribution in [2.45, 2.75) is 25.8 Å². The molecule has 136 valence electrons. The minimum atomic E-state index is -0.171. The summed E-state index contributed by atoms with van der Waals surface area (Å²) in [5, 5.41) is 9.12. The first-order valence-electron chi connectivity index (χ1n) is 8.98. The third-order valence-electron chi connectivity index (χ3n) is 4.59. The van der Waals surface area contributed by atoms with Crippen molar-refractivity contribution in [3.63, 3.8) is 0 Å². The number of amides is 2. The number of nitrogens with zero attached hydrogens (tertiary/aromatic N) is 1. The fourth-order valence-corrected chi connectivity index (χ4v) is 3.00. The van der Waals surface area contributed by atoms with Crippen molar-refractivity contribution in [3.8, 4) is 0 Å². The maximum absolute atomic E-state index is 12.1. The Bertz CT molecular complexity index is 725. The number of hydrogen-bond donors (Lipinski definition) is 3. The van der Waals surface area contributed by atoms with E-state index in [1.807, 2.05) is 24.3 Å². The lowest BCUT2D eigenvalue weighted by atomic mass is 10.0. The largest absolute Gasteiger partial charge is 0.352 e. The summed E-state index contributed by atoms with van der Waals surface area (Å²) in [6, 6.07) is 10.8. The lowest BCUT2D eigenvalue weighted by Crippen LogP contribution is -2.23. The van der Waals surface area contributed by atoms with Crippen molar-refractivity contribution in [2.24, 2.45) is 5.92 Å². The van der Waals surface area contributed by atoms with Gasteiger partial charge in [-0.1, -0.05) is 12.1 Å². The van der Waals surface area contributed by atoms with Crippen LogP contribution in [0.25, 0.3) is 0 Å². The average molecular weight is 352 g/mol. The minimum Gasteiger partial charge on any atom is -0.352 e. The van der Waals surface area contributed by atoms with E-state index in [2.05, 4.69) is 20.9 Å². The van der Waals surface area contributed by atoms with E-state index in [4.69, 9.17) is 0 Å². The Kier molecular flexibility index (Phi) is 6.33. The number of rotatable bonds is 7. The van der Waals surface area contributed by atoms with Gasteiger partial charge in [-0.3, -0.25) is 14.6 Å². The Labute approximate surface area is 153 Å². The second-order valence-corrected chi connectivity index (χ2v) is 6.56. The fourth-order valence-electron chi connectivity index (χ4n) is 3.00. The van der Waals surface area contributed by atoms with Gasteiger partial charge in [0.25, 0.3) is 5.91 Å². The normalized spacial score (nSPS) is 16.2. The molecule has 3 N–H and O–H groups in total. The third kappa shape index (κ3) is 5.39. The number of hydrogen-bond acceptors (Lipinski definition) is 4. The Hall–Kier alpha value is -2.73. The van der Waals surface area contributed by atoms with Crippen LogP contribution in [0.2, 0.25) is 0 Å². The van der Waals surface area contributed by atoms with Gasteiger partial charge in [-0.25, -0.2) is 0 Å². The number of benzene rings is 1. The van der Waals surface area contributed by atoms with Crippen LogP contribution in [0.5, 0.6) is 0 Å². The molecule has 0 bridgehead atoms. The first-order valence-corrected chi connectivity index (χ1v) is 8.98. The number of carbonyl (C=O) groups is 2. The maximum Gasteiger partial charge on any atom is 0.255 e. The van der Waals surface area contributed by atoms with Gasteiger partial charge in [0.15, 0.2) is 0 Å². The molecule has 1 aliphatic heterocycles. The highest BCUT2D eigenvalue weighted by atomic mass is 16.2. The number of pyridine rings is 1. The van der Waals surface area contributed by atoms with E-state index in [0.717, 1.165) is 30.8 Å². The van der Waals surface area contributed by atoms with Crippen LogP contribution in [-0.2, 0) is 11.3 Å². The van der Waals surface area contributed by atoms with E-state index in [9.17, 15) is 9.59 Å². The standard InChI is InChI=1S/C20H24N4O2/c25-19(6-3-16-7-10-22-13-16)23-14-15-1-4-18(5-2-15)24-20(26)17-8-11-21-12-9-17/h1-2,4-5,8-9,11-12,16,22H,3,6-7,10,13-14H2,(H,23,25)(H,24,26). The molecule has 6 heteroatoms. The van der Waals surface area contributed by atoms with Crippen molar-refractivity contribution in [2.75, 3.05) is 18.4 Å². The van der Waals surface area contributed by atoms with Crippen LogP contribution in [0.15, 0.2) is 48.8 Å². The molecule has 1 atom stereocenters. The van der Waals surface area contributed by atoms with Gasteiger partial charge in [0.05, 0.1) is 0 Å². The molecule has 1 aliphatic rings. The third-order valence-corrected chi connectivity index (χ3v) is 4.59. The van der Waals surface area contributed by atoms with Crippen LogP contribution in [0.4, 0.5) is 5.69 Å². The van der Waals surface area contributed by atoms with Crippen LogP contribution in [0.3, 0.4) is 0 Å². The number of nitrogens with one attached hydrogen (secondary N) is 3. The molecule has 1 aromatic carbocycles. The van der Waals surface area contributed by atoms with E-state index < -0.39 is 0 Å². The lowest BCUT2D eigenvalue weighted by Gasteiger charge is -2.10. The van der Waals surface area contributed by atoms with Crippen molar-refractivity contribution in [1.29, 1.82) is 0 Å². The van der Waals surface area contributed by atoms with E-state index in [1.165, 1.54) is 6.42 Å². The number of aromatic nitrogens is 1. The van der Waals surface area contributed by atoms with Crippen molar-refractivity contribution < 1.29 is 9.59 Å². The summed E-state index contributed by atoms with van der Waals surface area (Å²) in [5.74, 6) is 0.547. The second-order valence-electron chi connectivity index (χ2n) is 6.56. The molecule has 1 fully saturated rings. The first kappa shape index (κ1) is 18.1. The topological polar surface area (TPSA) is 83.1 Å². The predicted molar refractivity (Wildman–Crippen MR) is 101 cm³/mol. The fraction of sp³-hybridized carbons (Fsp3) is 0.350. The van der Waals surface area contributed by atoms with E-state index in [1.54, 1.807) is 24.5 Å². The van der Waals surface area contributed by atoms with Crippen LogP contribution >= 0.6 is 0 Å². The molecule has 2 heterocycles. The van der Waals surface area contributed by atoms with Gasteiger partial charge < -0.3 is 16.0 Å². The van der Waals surface area contributed by atoms with Gasteiger partial charge in [0.1, 0.15) is 0 Å². The number of anilines is 1. The summed E-state index contributed by atoms with van der Waals surface area (Å²) in [4.78, 5) is 27.9. The number of carbonyl (C=O) groups excluding carboxylic acids is 2. The van der Waals surface area contributed by atoms with Gasteiger partial charge in [-0.05, 0) is 61.7 Å². The average Bonchev–Trinajstić information content (AvgIpc) is 3.20. The molecule has 1 unspecified atom stereocenters. The minimum absolute atomic E-state index is 0.0898. The van der Waals surface area contributed by atoms with Gasteiger partial charge in [-0.2, -0.15) is 0 Å². The zero-order chi connectivity index (χ0) is 18.2. The zero-order valence-electron chi connectivity index (χ0n) is 14.7. The van der Waals surface area contributed by atoms with Gasteiger partial charge in [-0.15, -0.1) is 0 Å². The Balaban J connectivity index is 1.42. The molecule has 2 amide bonds. The van der Waals surface area contributed by atoms with Crippen molar-refractivity contribution in [3.05, 3.63) is 59.9 Å². The Morgan fingerprint density at radius 1 is 1.12 bits per heavy atom. The first-order chi connectivity index (χ1) is 12.7. The van der Waals surface area contributed by atoms with Crippen LogP contribution in [0, 0.1) is 5.92 Å². The molecule has 1 aromatic heterocycles. The summed E-state index contributed by atoms with van der Waals surface area (Å²) in [6.07, 6.45) is 5.86. The summed E-state index contributed by atoms with van der Waals surface area (Å²) in [6.45, 7) is 2.59. The van der Waals surface area contributed by atoms with E-state index >= 15 is 0 Å². The molecule has 6 nitrogen and oxygen atoms in total. The molecule has 0 spiro atoms. The molecule has 0 aliphatic carbocycles. The van der Waals surface area contributed by atoms with Crippen molar-refractivity contribution in [1.82, 2.24) is 15.6 Å². The smallest absolute Gasteiger partial charge is 0.255 e. The van der Waals surface area contributed by atoms with E-state index in [0.29, 0.717) is 24.4 Å². The van der Waals surface area contributed by atoms with Gasteiger partial charge in [0, 0.05) is 36.6 Å². The Morgan fingerprint density at radius 3 is 2.58 bits per heavy atom. The summed E-state index contributed by atoms with van der Waals surface area (Å²) in [7, 11) is 0. The molecule has 0 saturated carbocycles. The van der Waals surface area contributed by atoms with E-state index in [-0.39, 0.29) is 11.8 Å². The van der Waals surface area contributed by atoms with Crippen LogP contribution in [0.1, 0.15) is 35.2 Å². The predicted octanol–water partition coefficient (Wildman–Crippen LogP) is 2.34. The van der Waals surface area contributed by atoms with Gasteiger partial charge in [0.2, 0.25) is 5.91 Å².